The van der Waals surface area contributed by atoms with Crippen LogP contribution in [0.2, 0.25) is 0 Å². The number of ether oxygens (including phenoxy) is 1. The fourth-order valence-corrected chi connectivity index (χ4v) is 3.21. The molecule has 2 nitrogen and oxygen atoms in total. The molecule has 0 saturated heterocycles. The van der Waals surface area contributed by atoms with E-state index in [1.54, 1.807) is 0 Å². The van der Waals surface area contributed by atoms with Crippen LogP contribution in [-0.2, 0) is 6.42 Å². The second-order valence-electron chi connectivity index (χ2n) is 5.78. The van der Waals surface area contributed by atoms with Gasteiger partial charge >= 0.3 is 0 Å². The van der Waals surface area contributed by atoms with E-state index >= 15 is 0 Å². The fraction of sp³-hybridized carbons (Fsp3) is 0.368. The van der Waals surface area contributed by atoms with Crippen molar-refractivity contribution < 1.29 is 4.74 Å². The third-order valence-corrected chi connectivity index (χ3v) is 4.20. The summed E-state index contributed by atoms with van der Waals surface area (Å²) in [6.07, 6.45) is 1.02. The Balaban J connectivity index is 2.08. The first kappa shape index (κ1) is 14.2. The molecule has 2 heteroatoms. The molecule has 21 heavy (non-hydrogen) atoms. The monoisotopic (exact) mass is 281 g/mol. The maximum Gasteiger partial charge on any atom is 0.127 e. The van der Waals surface area contributed by atoms with Crippen LogP contribution >= 0.6 is 0 Å². The van der Waals surface area contributed by atoms with E-state index in [-0.39, 0.29) is 6.04 Å². The molecule has 1 heterocycles. The van der Waals surface area contributed by atoms with E-state index in [0.717, 1.165) is 25.3 Å². The number of hydrogen-bond donors (Lipinski definition) is 1. The second kappa shape index (κ2) is 5.90. The average molecular weight is 281 g/mol. The van der Waals surface area contributed by atoms with Gasteiger partial charge in [0.1, 0.15) is 5.75 Å². The van der Waals surface area contributed by atoms with Gasteiger partial charge in [0, 0.05) is 12.0 Å². The number of fused-ring (bicyclic) bond motifs is 1. The topological polar surface area (TPSA) is 21.3 Å². The predicted octanol–water partition coefficient (Wildman–Crippen LogP) is 3.94. The highest BCUT2D eigenvalue weighted by molar-refractivity contribution is 5.50. The van der Waals surface area contributed by atoms with Gasteiger partial charge in [0.2, 0.25) is 0 Å². The summed E-state index contributed by atoms with van der Waals surface area (Å²) in [5, 5.41) is 3.63. The molecule has 1 aliphatic rings. The molecule has 0 saturated carbocycles. The summed E-state index contributed by atoms with van der Waals surface area (Å²) in [7, 11) is 0. The second-order valence-corrected chi connectivity index (χ2v) is 5.78. The van der Waals surface area contributed by atoms with Crippen LogP contribution in [0.15, 0.2) is 36.4 Å². The zero-order valence-electron chi connectivity index (χ0n) is 13.1. The first-order valence-electron chi connectivity index (χ1n) is 7.76. The Hall–Kier alpha value is -1.80. The Morgan fingerprint density at radius 2 is 2.00 bits per heavy atom. The average Bonchev–Trinajstić information content (AvgIpc) is 2.94. The Kier molecular flexibility index (Phi) is 3.98. The summed E-state index contributed by atoms with van der Waals surface area (Å²) in [6, 6.07) is 13.4. The van der Waals surface area contributed by atoms with Crippen LogP contribution in [0, 0.1) is 13.8 Å². The van der Waals surface area contributed by atoms with Crippen LogP contribution in [0.1, 0.15) is 40.8 Å². The molecule has 0 radical (unpaired) electrons. The summed E-state index contributed by atoms with van der Waals surface area (Å²) < 4.78 is 5.90. The van der Waals surface area contributed by atoms with Gasteiger partial charge in [-0.05, 0) is 37.1 Å². The van der Waals surface area contributed by atoms with Crippen molar-refractivity contribution in [1.82, 2.24) is 5.32 Å². The van der Waals surface area contributed by atoms with Crippen molar-refractivity contribution in [1.29, 1.82) is 0 Å². The van der Waals surface area contributed by atoms with Gasteiger partial charge in [-0.1, -0.05) is 48.9 Å². The van der Waals surface area contributed by atoms with Gasteiger partial charge in [-0.2, -0.15) is 0 Å². The molecule has 2 aromatic carbocycles. The first-order valence-corrected chi connectivity index (χ1v) is 7.76. The summed E-state index contributed by atoms with van der Waals surface area (Å²) in [6.45, 7) is 8.22. The predicted molar refractivity (Wildman–Crippen MR) is 87.1 cm³/mol. The van der Waals surface area contributed by atoms with Gasteiger partial charge in [0.25, 0.3) is 0 Å². The van der Waals surface area contributed by atoms with E-state index in [9.17, 15) is 0 Å². The maximum absolute atomic E-state index is 5.90. The van der Waals surface area contributed by atoms with Gasteiger partial charge in [0.05, 0.1) is 12.6 Å². The van der Waals surface area contributed by atoms with Crippen molar-refractivity contribution >= 4 is 0 Å². The molecule has 0 amide bonds. The lowest BCUT2D eigenvalue weighted by atomic mass is 9.92. The number of rotatable bonds is 4. The van der Waals surface area contributed by atoms with Gasteiger partial charge in [-0.3, -0.25) is 0 Å². The Bertz CT molecular complexity index is 648. The molecule has 1 unspecified atom stereocenters. The highest BCUT2D eigenvalue weighted by Crippen LogP contribution is 2.37. The molecule has 0 aromatic heterocycles. The molecule has 1 atom stereocenters. The number of hydrogen-bond acceptors (Lipinski definition) is 2. The molecule has 0 fully saturated rings. The quantitative estimate of drug-likeness (QED) is 0.916. The molecule has 3 rings (SSSR count). The van der Waals surface area contributed by atoms with E-state index in [4.69, 9.17) is 4.74 Å². The zero-order valence-corrected chi connectivity index (χ0v) is 13.1. The SMILES string of the molecule is CCNC(c1ccc(C)cc1C)c1cccc2c1OCC2. The summed E-state index contributed by atoms with van der Waals surface area (Å²) >= 11 is 0. The molecule has 1 N–H and O–H groups in total. The number of aryl methyl sites for hydroxylation is 2. The molecule has 0 aliphatic carbocycles. The molecule has 110 valence electrons. The first-order chi connectivity index (χ1) is 10.2. The molecule has 1 aliphatic heterocycles. The Morgan fingerprint density at radius 3 is 2.76 bits per heavy atom. The van der Waals surface area contributed by atoms with Crippen LogP contribution in [0.25, 0.3) is 0 Å². The van der Waals surface area contributed by atoms with Gasteiger partial charge < -0.3 is 10.1 Å². The molecule has 0 spiro atoms. The van der Waals surface area contributed by atoms with Crippen molar-refractivity contribution in [2.75, 3.05) is 13.2 Å². The minimum absolute atomic E-state index is 0.198. The molecule has 0 bridgehead atoms. The molecule has 2 aromatic rings. The van der Waals surface area contributed by atoms with E-state index in [2.05, 4.69) is 62.5 Å². The van der Waals surface area contributed by atoms with Crippen LogP contribution in [0.3, 0.4) is 0 Å². The lowest BCUT2D eigenvalue weighted by Crippen LogP contribution is -2.23. The smallest absolute Gasteiger partial charge is 0.127 e. The molecular formula is C19H23NO. The number of nitrogens with one attached hydrogen (secondary N) is 1. The van der Waals surface area contributed by atoms with Crippen molar-refractivity contribution in [2.45, 2.75) is 33.2 Å². The van der Waals surface area contributed by atoms with E-state index in [1.165, 1.54) is 27.8 Å². The van der Waals surface area contributed by atoms with Crippen molar-refractivity contribution in [2.24, 2.45) is 0 Å². The van der Waals surface area contributed by atoms with Crippen molar-refractivity contribution in [3.8, 4) is 5.75 Å². The Morgan fingerprint density at radius 1 is 1.14 bits per heavy atom. The highest BCUT2D eigenvalue weighted by Gasteiger charge is 2.23. The highest BCUT2D eigenvalue weighted by atomic mass is 16.5. The van der Waals surface area contributed by atoms with Gasteiger partial charge in [0.15, 0.2) is 0 Å². The van der Waals surface area contributed by atoms with Gasteiger partial charge in [-0.15, -0.1) is 0 Å². The van der Waals surface area contributed by atoms with Crippen LogP contribution in [-0.4, -0.2) is 13.2 Å². The number of benzene rings is 2. The molecular weight excluding hydrogens is 258 g/mol. The summed E-state index contributed by atoms with van der Waals surface area (Å²) in [5.41, 5.74) is 6.57. The van der Waals surface area contributed by atoms with Crippen molar-refractivity contribution in [3.05, 3.63) is 64.2 Å². The lowest BCUT2D eigenvalue weighted by Gasteiger charge is -2.23. The largest absolute Gasteiger partial charge is 0.493 e. The minimum Gasteiger partial charge on any atom is -0.493 e. The van der Waals surface area contributed by atoms with E-state index in [0.29, 0.717) is 0 Å². The van der Waals surface area contributed by atoms with Crippen molar-refractivity contribution in [3.63, 3.8) is 0 Å². The summed E-state index contributed by atoms with van der Waals surface area (Å²) in [5.74, 6) is 1.09. The lowest BCUT2D eigenvalue weighted by molar-refractivity contribution is 0.350. The third kappa shape index (κ3) is 2.68. The van der Waals surface area contributed by atoms with E-state index < -0.39 is 0 Å². The third-order valence-electron chi connectivity index (χ3n) is 4.20. The maximum atomic E-state index is 5.90. The Labute approximate surface area is 127 Å². The fourth-order valence-electron chi connectivity index (χ4n) is 3.21. The minimum atomic E-state index is 0.198. The standard InChI is InChI=1S/C19H23NO/c1-4-20-18(16-9-8-13(2)12-14(16)3)17-7-5-6-15-10-11-21-19(15)17/h5-9,12,18,20H,4,10-11H2,1-3H3. The number of para-hydroxylation sites is 1. The van der Waals surface area contributed by atoms with Crippen LogP contribution < -0.4 is 10.1 Å². The zero-order chi connectivity index (χ0) is 14.8. The summed E-state index contributed by atoms with van der Waals surface area (Å²) in [4.78, 5) is 0. The normalized spacial score (nSPS) is 14.6. The van der Waals surface area contributed by atoms with Gasteiger partial charge in [-0.25, -0.2) is 0 Å². The van der Waals surface area contributed by atoms with E-state index in [1.807, 2.05) is 0 Å². The van der Waals surface area contributed by atoms with Crippen LogP contribution in [0.4, 0.5) is 0 Å². The van der Waals surface area contributed by atoms with Crippen LogP contribution in [0.5, 0.6) is 5.75 Å².